The van der Waals surface area contributed by atoms with Gasteiger partial charge in [-0.3, -0.25) is 4.98 Å². The van der Waals surface area contributed by atoms with Crippen molar-refractivity contribution in [3.05, 3.63) is 66.0 Å². The largest absolute Gasteiger partial charge is 0.337 e. The van der Waals surface area contributed by atoms with Crippen molar-refractivity contribution >= 4 is 6.03 Å². The molecular weight excluding hydrogens is 286 g/mol. The van der Waals surface area contributed by atoms with Crippen molar-refractivity contribution in [1.29, 1.82) is 0 Å². The molecule has 4 heteroatoms. The summed E-state index contributed by atoms with van der Waals surface area (Å²) in [6, 6.07) is 14.5. The van der Waals surface area contributed by atoms with Gasteiger partial charge in [0.05, 0.1) is 0 Å². The predicted octanol–water partition coefficient (Wildman–Crippen LogP) is 3.00. The van der Waals surface area contributed by atoms with Crippen molar-refractivity contribution in [3.63, 3.8) is 0 Å². The van der Waals surface area contributed by atoms with Crippen LogP contribution in [0.5, 0.6) is 0 Å². The van der Waals surface area contributed by atoms with Crippen molar-refractivity contribution < 1.29 is 4.79 Å². The Hall–Kier alpha value is -2.36. The molecule has 0 spiro atoms. The second-order valence-electron chi connectivity index (χ2n) is 6.33. The number of likely N-dealkylation sites (N-methyl/N-ethyl adjacent to an activating group) is 1. The number of carbonyl (C=O) groups excluding carboxylic acids is 1. The fraction of sp³-hybridized carbons (Fsp3) is 0.368. The first-order valence-electron chi connectivity index (χ1n) is 8.13. The van der Waals surface area contributed by atoms with Crippen molar-refractivity contribution in [2.45, 2.75) is 24.7 Å². The van der Waals surface area contributed by atoms with Crippen LogP contribution in [0.4, 0.5) is 4.79 Å². The van der Waals surface area contributed by atoms with Crippen molar-refractivity contribution in [2.24, 2.45) is 0 Å². The number of aromatic nitrogens is 1. The molecule has 0 unspecified atom stereocenters. The van der Waals surface area contributed by atoms with E-state index in [1.807, 2.05) is 25.2 Å². The van der Waals surface area contributed by atoms with E-state index in [1.54, 1.807) is 17.3 Å². The highest BCUT2D eigenvalue weighted by Gasteiger charge is 2.44. The van der Waals surface area contributed by atoms with Gasteiger partial charge >= 0.3 is 6.03 Å². The van der Waals surface area contributed by atoms with Gasteiger partial charge in [-0.05, 0) is 42.5 Å². The minimum Gasteiger partial charge on any atom is -0.337 e. The standard InChI is InChI=1S/C19H23N3O/c1-22(14-9-16-7-12-20-13-8-16)18(23)21-15-19(10-11-19)17-5-3-2-4-6-17/h2-8,12-13H,9-11,14-15H2,1H3,(H,21,23). The summed E-state index contributed by atoms with van der Waals surface area (Å²) in [6.07, 6.45) is 6.71. The number of amides is 2. The summed E-state index contributed by atoms with van der Waals surface area (Å²) in [5.41, 5.74) is 2.69. The number of hydrogen-bond donors (Lipinski definition) is 1. The van der Waals surface area contributed by atoms with Gasteiger partial charge in [0, 0.05) is 37.9 Å². The Morgan fingerprint density at radius 3 is 2.52 bits per heavy atom. The molecule has 1 fully saturated rings. The van der Waals surface area contributed by atoms with E-state index < -0.39 is 0 Å². The smallest absolute Gasteiger partial charge is 0.317 e. The number of benzene rings is 1. The first kappa shape index (κ1) is 15.5. The molecule has 120 valence electrons. The summed E-state index contributed by atoms with van der Waals surface area (Å²) in [4.78, 5) is 18.0. The van der Waals surface area contributed by atoms with Crippen LogP contribution in [0.2, 0.25) is 0 Å². The van der Waals surface area contributed by atoms with E-state index in [0.29, 0.717) is 6.54 Å². The van der Waals surface area contributed by atoms with Gasteiger partial charge in [0.25, 0.3) is 0 Å². The van der Waals surface area contributed by atoms with Gasteiger partial charge in [0.15, 0.2) is 0 Å². The van der Waals surface area contributed by atoms with Crippen LogP contribution in [-0.2, 0) is 11.8 Å². The molecule has 1 aliphatic carbocycles. The van der Waals surface area contributed by atoms with Gasteiger partial charge in [-0.2, -0.15) is 0 Å². The SMILES string of the molecule is CN(CCc1ccncc1)C(=O)NCC1(c2ccccc2)CC1. The normalized spacial score (nSPS) is 15.0. The molecule has 0 saturated heterocycles. The second-order valence-corrected chi connectivity index (χ2v) is 6.33. The fourth-order valence-corrected chi connectivity index (χ4v) is 2.84. The average molecular weight is 309 g/mol. The van der Waals surface area contributed by atoms with Crippen molar-refractivity contribution in [1.82, 2.24) is 15.2 Å². The van der Waals surface area contributed by atoms with E-state index in [-0.39, 0.29) is 11.4 Å². The minimum atomic E-state index is 0.00117. The number of rotatable bonds is 6. The summed E-state index contributed by atoms with van der Waals surface area (Å²) < 4.78 is 0. The molecule has 1 N–H and O–H groups in total. The molecule has 0 bridgehead atoms. The Balaban J connectivity index is 1.48. The molecule has 1 heterocycles. The highest BCUT2D eigenvalue weighted by molar-refractivity contribution is 5.74. The molecule has 1 aliphatic rings. The maximum Gasteiger partial charge on any atom is 0.317 e. The lowest BCUT2D eigenvalue weighted by Crippen LogP contribution is -2.41. The Morgan fingerprint density at radius 2 is 1.87 bits per heavy atom. The zero-order valence-corrected chi connectivity index (χ0v) is 13.5. The molecule has 2 amide bonds. The van der Waals surface area contributed by atoms with Crippen LogP contribution in [0.15, 0.2) is 54.9 Å². The van der Waals surface area contributed by atoms with E-state index >= 15 is 0 Å². The van der Waals surface area contributed by atoms with Gasteiger partial charge < -0.3 is 10.2 Å². The van der Waals surface area contributed by atoms with Crippen molar-refractivity contribution in [2.75, 3.05) is 20.1 Å². The predicted molar refractivity (Wildman–Crippen MR) is 91.3 cm³/mol. The first-order chi connectivity index (χ1) is 11.2. The highest BCUT2D eigenvalue weighted by Crippen LogP contribution is 2.47. The van der Waals surface area contributed by atoms with Gasteiger partial charge in [-0.25, -0.2) is 4.79 Å². The van der Waals surface area contributed by atoms with Gasteiger partial charge in [-0.1, -0.05) is 30.3 Å². The van der Waals surface area contributed by atoms with E-state index in [1.165, 1.54) is 11.1 Å². The van der Waals surface area contributed by atoms with Crippen LogP contribution >= 0.6 is 0 Å². The molecule has 0 atom stereocenters. The van der Waals surface area contributed by atoms with Crippen LogP contribution < -0.4 is 5.32 Å². The Kier molecular flexibility index (Phi) is 4.60. The molecule has 4 nitrogen and oxygen atoms in total. The van der Waals surface area contributed by atoms with E-state index in [2.05, 4.69) is 34.6 Å². The van der Waals surface area contributed by atoms with E-state index in [4.69, 9.17) is 0 Å². The van der Waals surface area contributed by atoms with Crippen molar-refractivity contribution in [3.8, 4) is 0 Å². The fourth-order valence-electron chi connectivity index (χ4n) is 2.84. The lowest BCUT2D eigenvalue weighted by Gasteiger charge is -2.21. The first-order valence-corrected chi connectivity index (χ1v) is 8.13. The Bertz CT molecular complexity index is 638. The van der Waals surface area contributed by atoms with Gasteiger partial charge in [-0.15, -0.1) is 0 Å². The minimum absolute atomic E-state index is 0.00117. The summed E-state index contributed by atoms with van der Waals surface area (Å²) in [7, 11) is 1.85. The van der Waals surface area contributed by atoms with Crippen LogP contribution in [0.25, 0.3) is 0 Å². The Morgan fingerprint density at radius 1 is 1.17 bits per heavy atom. The van der Waals surface area contributed by atoms with Crippen LogP contribution in [0.3, 0.4) is 0 Å². The summed E-state index contributed by atoms with van der Waals surface area (Å²) in [5.74, 6) is 0. The summed E-state index contributed by atoms with van der Waals surface area (Å²) >= 11 is 0. The third-order valence-corrected chi connectivity index (χ3v) is 4.65. The molecule has 23 heavy (non-hydrogen) atoms. The zero-order chi connectivity index (χ0) is 16.1. The summed E-state index contributed by atoms with van der Waals surface area (Å²) in [6.45, 7) is 1.42. The third-order valence-electron chi connectivity index (χ3n) is 4.65. The van der Waals surface area contributed by atoms with Crippen LogP contribution in [0, 0.1) is 0 Å². The van der Waals surface area contributed by atoms with Gasteiger partial charge in [0.2, 0.25) is 0 Å². The molecule has 1 aromatic heterocycles. The number of urea groups is 1. The second kappa shape index (κ2) is 6.82. The quantitative estimate of drug-likeness (QED) is 0.891. The number of carbonyl (C=O) groups is 1. The topological polar surface area (TPSA) is 45.2 Å². The lowest BCUT2D eigenvalue weighted by atomic mass is 9.96. The molecule has 2 aromatic rings. The average Bonchev–Trinajstić information content (AvgIpc) is 3.40. The monoisotopic (exact) mass is 309 g/mol. The molecule has 0 radical (unpaired) electrons. The van der Waals surface area contributed by atoms with Crippen LogP contribution in [0.1, 0.15) is 24.0 Å². The third kappa shape index (κ3) is 3.89. The molecule has 1 aromatic carbocycles. The van der Waals surface area contributed by atoms with E-state index in [0.717, 1.165) is 25.8 Å². The summed E-state index contributed by atoms with van der Waals surface area (Å²) in [5, 5.41) is 3.09. The molecule has 1 saturated carbocycles. The van der Waals surface area contributed by atoms with Gasteiger partial charge in [0.1, 0.15) is 0 Å². The number of nitrogens with one attached hydrogen (secondary N) is 1. The number of hydrogen-bond acceptors (Lipinski definition) is 2. The molecule has 0 aliphatic heterocycles. The highest BCUT2D eigenvalue weighted by atomic mass is 16.2. The van der Waals surface area contributed by atoms with E-state index in [9.17, 15) is 4.79 Å². The molecule has 3 rings (SSSR count). The number of nitrogens with zero attached hydrogens (tertiary/aromatic N) is 2. The number of pyridine rings is 1. The lowest BCUT2D eigenvalue weighted by molar-refractivity contribution is 0.208. The molecular formula is C19H23N3O. The van der Waals surface area contributed by atoms with Crippen LogP contribution in [-0.4, -0.2) is 36.1 Å². The zero-order valence-electron chi connectivity index (χ0n) is 13.5. The Labute approximate surface area is 137 Å². The maximum atomic E-state index is 12.3. The maximum absolute atomic E-state index is 12.3.